The smallest absolute Gasteiger partial charge is 0.418 e. The number of thiazole rings is 1. The third-order valence-electron chi connectivity index (χ3n) is 3.83. The number of hydrogen-bond donors (Lipinski definition) is 1. The first-order valence-electron chi connectivity index (χ1n) is 8.39. The van der Waals surface area contributed by atoms with Crippen molar-refractivity contribution in [3.63, 3.8) is 0 Å². The topological polar surface area (TPSA) is 51.2 Å². The van der Waals surface area contributed by atoms with Gasteiger partial charge in [0.15, 0.2) is 5.13 Å². The number of amides is 1. The minimum Gasteiger partial charge on any atom is -0.494 e. The van der Waals surface area contributed by atoms with Gasteiger partial charge in [-0.3, -0.25) is 10.1 Å². The van der Waals surface area contributed by atoms with Crippen LogP contribution in [0.15, 0.2) is 42.5 Å². The number of rotatable bonds is 6. The summed E-state index contributed by atoms with van der Waals surface area (Å²) in [6.45, 7) is 2.67. The number of benzene rings is 2. The summed E-state index contributed by atoms with van der Waals surface area (Å²) in [5, 5.41) is 2.68. The highest BCUT2D eigenvalue weighted by Crippen LogP contribution is 2.37. The van der Waals surface area contributed by atoms with Crippen molar-refractivity contribution in [1.82, 2.24) is 4.98 Å². The number of anilines is 1. The summed E-state index contributed by atoms with van der Waals surface area (Å²) in [6.07, 6.45) is -2.53. The second kappa shape index (κ2) is 7.96. The van der Waals surface area contributed by atoms with Crippen LogP contribution in [0.5, 0.6) is 5.75 Å². The third-order valence-corrected chi connectivity index (χ3v) is 4.76. The van der Waals surface area contributed by atoms with Crippen LogP contribution in [0, 0.1) is 0 Å². The second-order valence-corrected chi connectivity index (χ2v) is 6.88. The molecule has 0 saturated heterocycles. The average molecular weight is 394 g/mol. The molecule has 0 bridgehead atoms. The predicted molar refractivity (Wildman–Crippen MR) is 99.4 cm³/mol. The van der Waals surface area contributed by atoms with E-state index in [0.29, 0.717) is 22.6 Å². The van der Waals surface area contributed by atoms with Crippen LogP contribution in [0.1, 0.15) is 35.7 Å². The summed E-state index contributed by atoms with van der Waals surface area (Å²) in [4.78, 5) is 16.3. The molecule has 1 N–H and O–H groups in total. The van der Waals surface area contributed by atoms with Gasteiger partial charge in [-0.25, -0.2) is 4.98 Å². The molecule has 0 radical (unpaired) electrons. The van der Waals surface area contributed by atoms with E-state index in [2.05, 4.69) is 17.2 Å². The van der Waals surface area contributed by atoms with E-state index in [4.69, 9.17) is 4.74 Å². The quantitative estimate of drug-likeness (QED) is 0.542. The Labute approximate surface area is 158 Å². The van der Waals surface area contributed by atoms with Crippen LogP contribution < -0.4 is 10.1 Å². The Morgan fingerprint density at radius 3 is 2.59 bits per heavy atom. The maximum absolute atomic E-state index is 13.1. The number of carbonyl (C=O) groups excluding carboxylic acids is 1. The van der Waals surface area contributed by atoms with Gasteiger partial charge in [0, 0.05) is 5.56 Å². The highest BCUT2D eigenvalue weighted by Gasteiger charge is 2.33. The van der Waals surface area contributed by atoms with Gasteiger partial charge in [0.05, 0.1) is 22.4 Å². The van der Waals surface area contributed by atoms with Crippen LogP contribution >= 0.6 is 11.3 Å². The van der Waals surface area contributed by atoms with Crippen LogP contribution in [-0.2, 0) is 6.18 Å². The number of aromatic nitrogens is 1. The maximum Gasteiger partial charge on any atom is 0.418 e. The van der Waals surface area contributed by atoms with Crippen LogP contribution in [0.4, 0.5) is 18.3 Å². The lowest BCUT2D eigenvalue weighted by molar-refractivity contribution is -0.136. The Balaban J connectivity index is 1.74. The van der Waals surface area contributed by atoms with Crippen molar-refractivity contribution in [2.75, 3.05) is 11.9 Å². The summed E-state index contributed by atoms with van der Waals surface area (Å²) >= 11 is 1.000. The molecule has 0 aliphatic rings. The van der Waals surface area contributed by atoms with E-state index >= 15 is 0 Å². The van der Waals surface area contributed by atoms with E-state index in [1.165, 1.54) is 6.07 Å². The monoisotopic (exact) mass is 394 g/mol. The van der Waals surface area contributed by atoms with Gasteiger partial charge >= 0.3 is 6.18 Å². The minimum atomic E-state index is -4.50. The number of nitrogens with one attached hydrogen (secondary N) is 1. The van der Waals surface area contributed by atoms with Crippen molar-refractivity contribution in [1.29, 1.82) is 0 Å². The number of halogens is 3. The molecule has 0 saturated carbocycles. The van der Waals surface area contributed by atoms with Gasteiger partial charge in [-0.1, -0.05) is 30.7 Å². The molecule has 27 heavy (non-hydrogen) atoms. The summed E-state index contributed by atoms with van der Waals surface area (Å²) < 4.78 is 45.1. The van der Waals surface area contributed by atoms with Gasteiger partial charge in [-0.05, 0) is 42.8 Å². The SMILES string of the molecule is CCCCOc1ccc(C(=O)Nc2nc3c(C(F)(F)F)cccc3s2)cc1. The zero-order valence-electron chi connectivity index (χ0n) is 14.5. The predicted octanol–water partition coefficient (Wildman–Crippen LogP) is 5.75. The molecular formula is C19H17F3N2O2S. The van der Waals surface area contributed by atoms with Gasteiger partial charge in [-0.2, -0.15) is 13.2 Å². The number of ether oxygens (including phenoxy) is 1. The highest BCUT2D eigenvalue weighted by atomic mass is 32.1. The van der Waals surface area contributed by atoms with Crippen LogP contribution in [0.25, 0.3) is 10.2 Å². The van der Waals surface area contributed by atoms with Crippen molar-refractivity contribution < 1.29 is 22.7 Å². The fraction of sp³-hybridized carbons (Fsp3) is 0.263. The maximum atomic E-state index is 13.1. The molecule has 0 aliphatic carbocycles. The van der Waals surface area contributed by atoms with Crippen molar-refractivity contribution in [3.8, 4) is 5.75 Å². The van der Waals surface area contributed by atoms with Crippen molar-refractivity contribution in [2.24, 2.45) is 0 Å². The molecule has 1 amide bonds. The lowest BCUT2D eigenvalue weighted by Gasteiger charge is -2.06. The molecule has 0 spiro atoms. The van der Waals surface area contributed by atoms with Gasteiger partial charge in [0.2, 0.25) is 0 Å². The molecule has 3 rings (SSSR count). The van der Waals surface area contributed by atoms with Crippen molar-refractivity contribution in [2.45, 2.75) is 25.9 Å². The molecule has 2 aromatic carbocycles. The average Bonchev–Trinajstić information content (AvgIpc) is 3.03. The molecular weight excluding hydrogens is 377 g/mol. The summed E-state index contributed by atoms with van der Waals surface area (Å²) in [5.41, 5.74) is -0.608. The van der Waals surface area contributed by atoms with Gasteiger partial charge in [0.1, 0.15) is 5.75 Å². The van der Waals surface area contributed by atoms with E-state index < -0.39 is 17.6 Å². The molecule has 0 atom stereocenters. The zero-order valence-corrected chi connectivity index (χ0v) is 15.3. The standard InChI is InChI=1S/C19H17F3N2O2S/c1-2-3-11-26-13-9-7-12(8-10-13)17(25)24-18-23-16-14(19(20,21)22)5-4-6-15(16)27-18/h4-10H,2-3,11H2,1H3,(H,23,24,25). The van der Waals surface area contributed by atoms with Crippen LogP contribution in [0.2, 0.25) is 0 Å². The Kier molecular flexibility index (Phi) is 5.65. The first-order valence-corrected chi connectivity index (χ1v) is 9.21. The molecule has 1 heterocycles. The molecule has 142 valence electrons. The number of unbranched alkanes of at least 4 members (excludes halogenated alkanes) is 1. The Morgan fingerprint density at radius 1 is 1.19 bits per heavy atom. The largest absolute Gasteiger partial charge is 0.494 e. The lowest BCUT2D eigenvalue weighted by atomic mass is 10.2. The number of para-hydroxylation sites is 1. The number of carbonyl (C=O) groups is 1. The first kappa shape index (κ1) is 19.2. The van der Waals surface area contributed by atoms with Crippen LogP contribution in [0.3, 0.4) is 0 Å². The summed E-state index contributed by atoms with van der Waals surface area (Å²) in [5.74, 6) is 0.220. The molecule has 0 fully saturated rings. The fourth-order valence-corrected chi connectivity index (χ4v) is 3.32. The van der Waals surface area contributed by atoms with Crippen LogP contribution in [-0.4, -0.2) is 17.5 Å². The van der Waals surface area contributed by atoms with Crippen molar-refractivity contribution in [3.05, 3.63) is 53.6 Å². The van der Waals surface area contributed by atoms with E-state index in [0.717, 1.165) is 30.2 Å². The van der Waals surface area contributed by atoms with E-state index in [1.54, 1.807) is 30.3 Å². The highest BCUT2D eigenvalue weighted by molar-refractivity contribution is 7.22. The molecule has 4 nitrogen and oxygen atoms in total. The first-order chi connectivity index (χ1) is 12.9. The molecule has 1 aromatic heterocycles. The Bertz CT molecular complexity index is 936. The number of fused-ring (bicyclic) bond motifs is 1. The second-order valence-electron chi connectivity index (χ2n) is 5.85. The molecule has 3 aromatic rings. The molecule has 0 unspecified atom stereocenters. The normalized spacial score (nSPS) is 11.6. The molecule has 0 aliphatic heterocycles. The van der Waals surface area contributed by atoms with Gasteiger partial charge in [-0.15, -0.1) is 0 Å². The third kappa shape index (κ3) is 4.57. The van der Waals surface area contributed by atoms with Crippen molar-refractivity contribution >= 4 is 32.6 Å². The van der Waals surface area contributed by atoms with E-state index in [1.807, 2.05) is 0 Å². The minimum absolute atomic E-state index is 0.120. The van der Waals surface area contributed by atoms with E-state index in [-0.39, 0.29) is 10.6 Å². The number of nitrogens with zero attached hydrogens (tertiary/aromatic N) is 1. The summed E-state index contributed by atoms with van der Waals surface area (Å²) in [7, 11) is 0. The zero-order chi connectivity index (χ0) is 19.4. The number of hydrogen-bond acceptors (Lipinski definition) is 4. The Hall–Kier alpha value is -2.61. The van der Waals surface area contributed by atoms with E-state index in [9.17, 15) is 18.0 Å². The lowest BCUT2D eigenvalue weighted by Crippen LogP contribution is -2.11. The van der Waals surface area contributed by atoms with Gasteiger partial charge < -0.3 is 4.74 Å². The summed E-state index contributed by atoms with van der Waals surface area (Å²) in [6, 6.07) is 10.4. The van der Waals surface area contributed by atoms with Gasteiger partial charge in [0.25, 0.3) is 5.91 Å². The molecule has 8 heteroatoms. The fourth-order valence-electron chi connectivity index (χ4n) is 2.44. The number of alkyl halides is 3. The Morgan fingerprint density at radius 2 is 1.93 bits per heavy atom.